The molecule has 1 N–H and O–H groups in total. The molecule has 1 unspecified atom stereocenters. The molecule has 0 aliphatic carbocycles. The minimum atomic E-state index is -4.46. The van der Waals surface area contributed by atoms with Gasteiger partial charge in [0.05, 0.1) is 17.5 Å². The summed E-state index contributed by atoms with van der Waals surface area (Å²) in [6, 6.07) is 6.03. The van der Waals surface area contributed by atoms with Crippen LogP contribution in [0.3, 0.4) is 0 Å². The number of amides is 1. The summed E-state index contributed by atoms with van der Waals surface area (Å²) in [5.41, 5.74) is 1.85. The van der Waals surface area contributed by atoms with E-state index in [1.165, 1.54) is 6.07 Å². The molecule has 142 valence electrons. The number of fused-ring (bicyclic) bond motifs is 1. The molecule has 8 heteroatoms. The van der Waals surface area contributed by atoms with Gasteiger partial charge in [-0.05, 0) is 53.4 Å². The Bertz CT molecular complexity index is 949. The molecule has 27 heavy (non-hydrogen) atoms. The van der Waals surface area contributed by atoms with Crippen LogP contribution in [0.1, 0.15) is 35.7 Å². The van der Waals surface area contributed by atoms with Crippen molar-refractivity contribution < 1.29 is 18.0 Å². The Balaban J connectivity index is 1.51. The molecule has 1 saturated heterocycles. The fraction of sp³-hybridized carbons (Fsp3) is 0.368. The van der Waals surface area contributed by atoms with Gasteiger partial charge in [0.2, 0.25) is 5.91 Å². The molecule has 0 radical (unpaired) electrons. The van der Waals surface area contributed by atoms with E-state index in [9.17, 15) is 18.0 Å². The Morgan fingerprint density at radius 1 is 1.33 bits per heavy atom. The fourth-order valence-corrected chi connectivity index (χ4v) is 4.21. The van der Waals surface area contributed by atoms with E-state index >= 15 is 0 Å². The number of hydrogen-bond donors (Lipinski definition) is 1. The number of nitrogens with zero attached hydrogens (tertiary/aromatic N) is 2. The Morgan fingerprint density at radius 3 is 2.93 bits per heavy atom. The fourth-order valence-electron chi connectivity index (χ4n) is 3.54. The van der Waals surface area contributed by atoms with Crippen LogP contribution in [0.5, 0.6) is 0 Å². The molecule has 4 rings (SSSR count). The van der Waals surface area contributed by atoms with Gasteiger partial charge < -0.3 is 9.88 Å². The van der Waals surface area contributed by atoms with Crippen LogP contribution >= 0.6 is 11.3 Å². The van der Waals surface area contributed by atoms with Crippen molar-refractivity contribution in [2.45, 2.75) is 31.4 Å². The predicted molar refractivity (Wildman–Crippen MR) is 97.7 cm³/mol. The van der Waals surface area contributed by atoms with E-state index in [-0.39, 0.29) is 11.8 Å². The first-order valence-corrected chi connectivity index (χ1v) is 9.70. The maximum absolute atomic E-state index is 12.9. The molecule has 4 nitrogen and oxygen atoms in total. The van der Waals surface area contributed by atoms with Crippen molar-refractivity contribution in [2.75, 3.05) is 13.1 Å². The lowest BCUT2D eigenvalue weighted by atomic mass is 9.94. The second-order valence-corrected chi connectivity index (χ2v) is 7.62. The third kappa shape index (κ3) is 3.85. The normalized spacial score (nSPS) is 18.2. The van der Waals surface area contributed by atoms with Crippen molar-refractivity contribution in [1.29, 1.82) is 0 Å². The van der Waals surface area contributed by atoms with Gasteiger partial charge in [0.15, 0.2) is 0 Å². The second-order valence-electron chi connectivity index (χ2n) is 6.84. The van der Waals surface area contributed by atoms with Crippen molar-refractivity contribution in [3.05, 3.63) is 52.0 Å². The number of H-pyrrole nitrogens is 1. The topological polar surface area (TPSA) is 49.0 Å². The number of rotatable bonds is 3. The van der Waals surface area contributed by atoms with Crippen molar-refractivity contribution in [3.63, 3.8) is 0 Å². The van der Waals surface area contributed by atoms with E-state index in [2.05, 4.69) is 9.97 Å². The molecule has 0 spiro atoms. The molecule has 0 bridgehead atoms. The quantitative estimate of drug-likeness (QED) is 0.707. The molecule has 1 aliphatic rings. The van der Waals surface area contributed by atoms with Gasteiger partial charge in [0.25, 0.3) is 0 Å². The summed E-state index contributed by atoms with van der Waals surface area (Å²) in [7, 11) is 0. The van der Waals surface area contributed by atoms with Gasteiger partial charge in [0.1, 0.15) is 5.69 Å². The molecule has 3 aromatic heterocycles. The number of alkyl halides is 3. The smallest absolute Gasteiger partial charge is 0.357 e. The highest BCUT2D eigenvalue weighted by Crippen LogP contribution is 2.32. The molecule has 1 aliphatic heterocycles. The minimum absolute atomic E-state index is 0.0775. The number of pyridine rings is 1. The van der Waals surface area contributed by atoms with E-state index in [1.54, 1.807) is 17.4 Å². The lowest BCUT2D eigenvalue weighted by Gasteiger charge is -2.32. The highest BCUT2D eigenvalue weighted by molar-refractivity contribution is 7.08. The van der Waals surface area contributed by atoms with Gasteiger partial charge in [-0.25, -0.2) is 4.98 Å². The van der Waals surface area contributed by atoms with Crippen LogP contribution in [0.2, 0.25) is 0 Å². The van der Waals surface area contributed by atoms with Crippen LogP contribution in [0.25, 0.3) is 11.0 Å². The first-order chi connectivity index (χ1) is 12.9. The third-order valence-corrected chi connectivity index (χ3v) is 5.67. The molecule has 0 saturated carbocycles. The highest BCUT2D eigenvalue weighted by atomic mass is 32.1. The Morgan fingerprint density at radius 2 is 2.19 bits per heavy atom. The molecular weight excluding hydrogens is 375 g/mol. The number of thiophene rings is 1. The summed E-state index contributed by atoms with van der Waals surface area (Å²) in [6.07, 6.45) is -2.31. The molecule has 1 amide bonds. The largest absolute Gasteiger partial charge is 0.433 e. The first-order valence-electron chi connectivity index (χ1n) is 8.76. The van der Waals surface area contributed by atoms with Gasteiger partial charge >= 0.3 is 6.18 Å². The summed E-state index contributed by atoms with van der Waals surface area (Å²) < 4.78 is 38.6. The lowest BCUT2D eigenvalue weighted by molar-refractivity contribution is -0.141. The highest BCUT2D eigenvalue weighted by Gasteiger charge is 2.33. The van der Waals surface area contributed by atoms with Crippen LogP contribution in [0.15, 0.2) is 35.0 Å². The Labute approximate surface area is 158 Å². The van der Waals surface area contributed by atoms with Crippen molar-refractivity contribution >= 4 is 28.3 Å². The molecular formula is C19H18F3N3OS. The van der Waals surface area contributed by atoms with Gasteiger partial charge in [-0.2, -0.15) is 24.5 Å². The SMILES string of the molecule is O=C(Cc1ccsc1)N1CCCC(c2cc3nc(C(F)(F)F)ccc3[nH]2)C1. The van der Waals surface area contributed by atoms with E-state index < -0.39 is 11.9 Å². The predicted octanol–water partition coefficient (Wildman–Crippen LogP) is 4.59. The number of piperidine rings is 1. The summed E-state index contributed by atoms with van der Waals surface area (Å²) in [6.45, 7) is 1.29. The van der Waals surface area contributed by atoms with Crippen LogP contribution in [0, 0.1) is 0 Å². The maximum atomic E-state index is 12.9. The van der Waals surface area contributed by atoms with Crippen LogP contribution in [0.4, 0.5) is 13.2 Å². The minimum Gasteiger partial charge on any atom is -0.357 e. The van der Waals surface area contributed by atoms with Crippen LogP contribution in [-0.4, -0.2) is 33.9 Å². The number of aromatic nitrogens is 2. The summed E-state index contributed by atoms with van der Waals surface area (Å²) >= 11 is 1.57. The van der Waals surface area contributed by atoms with Crippen molar-refractivity contribution in [2.24, 2.45) is 0 Å². The van der Waals surface area contributed by atoms with Gasteiger partial charge in [0, 0.05) is 24.7 Å². The number of carbonyl (C=O) groups is 1. The molecule has 1 atom stereocenters. The average molecular weight is 393 g/mol. The molecule has 1 fully saturated rings. The second kappa shape index (κ2) is 6.99. The van der Waals surface area contributed by atoms with E-state index in [0.29, 0.717) is 24.0 Å². The monoisotopic (exact) mass is 393 g/mol. The van der Waals surface area contributed by atoms with E-state index in [4.69, 9.17) is 0 Å². The summed E-state index contributed by atoms with van der Waals surface area (Å²) in [5, 5.41) is 3.93. The average Bonchev–Trinajstić information content (AvgIpc) is 3.29. The zero-order valence-corrected chi connectivity index (χ0v) is 15.2. The number of aromatic amines is 1. The van der Waals surface area contributed by atoms with Gasteiger partial charge in [-0.1, -0.05) is 0 Å². The molecule has 0 aromatic carbocycles. The Kier molecular flexibility index (Phi) is 4.67. The summed E-state index contributed by atoms with van der Waals surface area (Å²) in [5.74, 6) is 0.167. The maximum Gasteiger partial charge on any atom is 0.433 e. The molecule has 4 heterocycles. The Hall–Kier alpha value is -2.35. The zero-order chi connectivity index (χ0) is 19.0. The van der Waals surface area contributed by atoms with E-state index in [1.807, 2.05) is 21.7 Å². The summed E-state index contributed by atoms with van der Waals surface area (Å²) in [4.78, 5) is 21.3. The number of carbonyl (C=O) groups excluding carboxylic acids is 1. The lowest BCUT2D eigenvalue weighted by Crippen LogP contribution is -2.40. The van der Waals surface area contributed by atoms with Crippen LogP contribution < -0.4 is 0 Å². The molecule has 3 aromatic rings. The standard InChI is InChI=1S/C19H18F3N3OS/c20-19(21,22)17-4-3-14-16(24-17)9-15(23-14)13-2-1-6-25(10-13)18(26)8-12-5-7-27-11-12/h3-5,7,9,11,13,23H,1-2,6,8,10H2. The number of nitrogens with one attached hydrogen (secondary N) is 1. The number of likely N-dealkylation sites (tertiary alicyclic amines) is 1. The van der Waals surface area contributed by atoms with Crippen LogP contribution in [-0.2, 0) is 17.4 Å². The van der Waals surface area contributed by atoms with E-state index in [0.717, 1.165) is 36.7 Å². The zero-order valence-electron chi connectivity index (χ0n) is 14.4. The number of halogens is 3. The van der Waals surface area contributed by atoms with Crippen molar-refractivity contribution in [1.82, 2.24) is 14.9 Å². The van der Waals surface area contributed by atoms with Crippen molar-refractivity contribution in [3.8, 4) is 0 Å². The third-order valence-electron chi connectivity index (χ3n) is 4.94. The first kappa shape index (κ1) is 18.0. The number of hydrogen-bond acceptors (Lipinski definition) is 3. The van der Waals surface area contributed by atoms with Gasteiger partial charge in [-0.3, -0.25) is 4.79 Å². The van der Waals surface area contributed by atoms with Gasteiger partial charge in [-0.15, -0.1) is 0 Å².